The number of aryl methyl sites for hydroxylation is 1. The molecule has 2 aromatic carbocycles. The van der Waals surface area contributed by atoms with E-state index in [9.17, 15) is 4.39 Å². The lowest BCUT2D eigenvalue weighted by Gasteiger charge is -2.44. The highest BCUT2D eigenvalue weighted by Gasteiger charge is 2.41. The Morgan fingerprint density at radius 2 is 1.84 bits per heavy atom. The molecule has 0 radical (unpaired) electrons. The Balaban J connectivity index is 1.56. The maximum atomic E-state index is 15.7. The van der Waals surface area contributed by atoms with Crippen LogP contribution in [0.4, 0.5) is 13.2 Å². The third-order valence-electron chi connectivity index (χ3n) is 7.44. The summed E-state index contributed by atoms with van der Waals surface area (Å²) in [5.41, 5.74) is 7.76. The van der Waals surface area contributed by atoms with Gasteiger partial charge in [-0.25, -0.2) is 13.2 Å². The van der Waals surface area contributed by atoms with Crippen LogP contribution in [-0.2, 0) is 13.0 Å². The second-order valence-electron chi connectivity index (χ2n) is 11.3. The number of halogens is 3. The lowest BCUT2D eigenvalue weighted by atomic mass is 9.82. The highest BCUT2D eigenvalue weighted by molar-refractivity contribution is 5.64. The summed E-state index contributed by atoms with van der Waals surface area (Å²) in [6, 6.07) is 7.45. The molecule has 0 bridgehead atoms. The van der Waals surface area contributed by atoms with Crippen LogP contribution in [0, 0.1) is 11.6 Å². The number of fused-ring (bicyclic) bond motifs is 1. The molecular weight excluding hydrogens is 477 g/mol. The molecule has 0 unspecified atom stereocenters. The smallest absolute Gasteiger partial charge is 0.134 e. The molecule has 2 N–H and O–H groups in total. The molecule has 37 heavy (non-hydrogen) atoms. The third kappa shape index (κ3) is 5.41. The summed E-state index contributed by atoms with van der Waals surface area (Å²) in [4.78, 5) is 1.87. The van der Waals surface area contributed by atoms with Gasteiger partial charge in [-0.3, -0.25) is 9.58 Å². The minimum atomic E-state index is -1.55. The zero-order chi connectivity index (χ0) is 26.5. The molecule has 198 valence electrons. The Kier molecular flexibility index (Phi) is 6.61. The summed E-state index contributed by atoms with van der Waals surface area (Å²) in [5, 5.41) is 4.37. The molecule has 0 spiro atoms. The van der Waals surface area contributed by atoms with Gasteiger partial charge in [-0.05, 0) is 63.6 Å². The zero-order valence-corrected chi connectivity index (χ0v) is 21.9. The Labute approximate surface area is 216 Å². The Morgan fingerprint density at radius 3 is 2.43 bits per heavy atom. The van der Waals surface area contributed by atoms with Gasteiger partial charge in [0.25, 0.3) is 0 Å². The van der Waals surface area contributed by atoms with Gasteiger partial charge in [0.2, 0.25) is 0 Å². The van der Waals surface area contributed by atoms with Crippen LogP contribution in [0.3, 0.4) is 0 Å². The molecule has 1 fully saturated rings. The Hall–Kier alpha value is -2.84. The van der Waals surface area contributed by atoms with Gasteiger partial charge in [-0.1, -0.05) is 18.2 Å². The predicted molar refractivity (Wildman–Crippen MR) is 138 cm³/mol. The SMILES string of the molecule is CCn1cc(-c2ccc3c(c2)C[C@@H](C)N(CC(C)(C)F)[C@@H]3c2c(F)cc(OCC3(N)CC3)cc2F)cn1. The van der Waals surface area contributed by atoms with E-state index in [0.717, 1.165) is 41.6 Å². The van der Waals surface area contributed by atoms with Crippen molar-refractivity contribution in [2.75, 3.05) is 13.2 Å². The topological polar surface area (TPSA) is 56.3 Å². The first-order valence-corrected chi connectivity index (χ1v) is 13.0. The van der Waals surface area contributed by atoms with Crippen molar-refractivity contribution < 1.29 is 17.9 Å². The minimum absolute atomic E-state index is 0.0378. The van der Waals surface area contributed by atoms with Crippen LogP contribution in [0.5, 0.6) is 5.75 Å². The normalized spacial score (nSPS) is 21.1. The summed E-state index contributed by atoms with van der Waals surface area (Å²) in [6.45, 7) is 8.01. The first-order chi connectivity index (χ1) is 17.5. The zero-order valence-electron chi connectivity index (χ0n) is 21.9. The van der Waals surface area contributed by atoms with Crippen LogP contribution < -0.4 is 10.5 Å². The first kappa shape index (κ1) is 25.8. The van der Waals surface area contributed by atoms with Crippen molar-refractivity contribution in [2.24, 2.45) is 5.73 Å². The molecule has 2 atom stereocenters. The second-order valence-corrected chi connectivity index (χ2v) is 11.3. The molecule has 0 saturated heterocycles. The standard InChI is InChI=1S/C29H35F3N4O/c1-5-35-15-21(14-34-35)19-6-7-23-20(11-19)10-18(2)36(16-28(3,4)32)27(23)26-24(30)12-22(13-25(26)31)37-17-29(33)8-9-29/h6-7,11-15,18,27H,5,8-10,16-17,33H2,1-4H3/t18-,27+/m1/s1. The third-order valence-corrected chi connectivity index (χ3v) is 7.44. The van der Waals surface area contributed by atoms with Gasteiger partial charge >= 0.3 is 0 Å². The van der Waals surface area contributed by atoms with E-state index in [2.05, 4.69) is 11.2 Å². The van der Waals surface area contributed by atoms with Gasteiger partial charge in [0.05, 0.1) is 17.8 Å². The number of nitrogens with zero attached hydrogens (tertiary/aromatic N) is 3. The van der Waals surface area contributed by atoms with Crippen LogP contribution in [0.25, 0.3) is 11.1 Å². The number of aromatic nitrogens is 2. The van der Waals surface area contributed by atoms with Crippen LogP contribution >= 0.6 is 0 Å². The summed E-state index contributed by atoms with van der Waals surface area (Å²) in [5.74, 6) is -1.31. The molecule has 3 aromatic rings. The van der Waals surface area contributed by atoms with Gasteiger partial charge in [-0.15, -0.1) is 0 Å². The van der Waals surface area contributed by atoms with Crippen molar-refractivity contribution in [1.82, 2.24) is 14.7 Å². The van der Waals surface area contributed by atoms with Crippen molar-refractivity contribution in [3.63, 3.8) is 0 Å². The van der Waals surface area contributed by atoms with Crippen LogP contribution in [0.2, 0.25) is 0 Å². The van der Waals surface area contributed by atoms with Gasteiger partial charge in [0, 0.05) is 48.6 Å². The van der Waals surface area contributed by atoms with Crippen LogP contribution in [0.15, 0.2) is 42.7 Å². The van der Waals surface area contributed by atoms with Crippen LogP contribution in [-0.4, -0.2) is 45.1 Å². The maximum absolute atomic E-state index is 15.7. The molecule has 2 aliphatic rings. The van der Waals surface area contributed by atoms with E-state index in [1.165, 1.54) is 26.0 Å². The molecule has 0 amide bonds. The summed E-state index contributed by atoms with van der Waals surface area (Å²) >= 11 is 0. The van der Waals surface area contributed by atoms with Gasteiger partial charge in [0.15, 0.2) is 0 Å². The molecule has 1 saturated carbocycles. The lowest BCUT2D eigenvalue weighted by Crippen LogP contribution is -2.48. The molecule has 5 nitrogen and oxygen atoms in total. The van der Waals surface area contributed by atoms with E-state index in [-0.39, 0.29) is 30.5 Å². The monoisotopic (exact) mass is 512 g/mol. The van der Waals surface area contributed by atoms with Crippen molar-refractivity contribution in [1.29, 1.82) is 0 Å². The Morgan fingerprint density at radius 1 is 1.14 bits per heavy atom. The number of ether oxygens (including phenoxy) is 1. The lowest BCUT2D eigenvalue weighted by molar-refractivity contribution is 0.0652. The second kappa shape index (κ2) is 9.48. The molecule has 5 rings (SSSR count). The average Bonchev–Trinajstić information content (AvgIpc) is 3.36. The van der Waals surface area contributed by atoms with E-state index in [1.807, 2.05) is 48.0 Å². The number of hydrogen-bond acceptors (Lipinski definition) is 4. The van der Waals surface area contributed by atoms with Crippen molar-refractivity contribution in [3.05, 3.63) is 71.1 Å². The fourth-order valence-electron chi connectivity index (χ4n) is 5.22. The highest BCUT2D eigenvalue weighted by Crippen LogP contribution is 2.43. The molecular formula is C29H35F3N4O. The van der Waals surface area contributed by atoms with Crippen LogP contribution in [0.1, 0.15) is 63.3 Å². The molecule has 1 aliphatic heterocycles. The molecule has 1 aliphatic carbocycles. The van der Waals surface area contributed by atoms with E-state index < -0.39 is 28.9 Å². The maximum Gasteiger partial charge on any atom is 0.134 e. The fraction of sp³-hybridized carbons (Fsp3) is 0.483. The predicted octanol–water partition coefficient (Wildman–Crippen LogP) is 5.80. The quantitative estimate of drug-likeness (QED) is 0.414. The first-order valence-electron chi connectivity index (χ1n) is 13.0. The molecule has 2 heterocycles. The number of alkyl halides is 1. The van der Waals surface area contributed by atoms with E-state index >= 15 is 8.78 Å². The highest BCUT2D eigenvalue weighted by atomic mass is 19.1. The van der Waals surface area contributed by atoms with Gasteiger partial charge in [0.1, 0.15) is 29.7 Å². The number of hydrogen-bond donors (Lipinski definition) is 1. The van der Waals surface area contributed by atoms with Gasteiger partial charge < -0.3 is 10.5 Å². The van der Waals surface area contributed by atoms with Crippen molar-refractivity contribution in [3.8, 4) is 16.9 Å². The van der Waals surface area contributed by atoms with Gasteiger partial charge in [-0.2, -0.15) is 5.10 Å². The van der Waals surface area contributed by atoms with Crippen molar-refractivity contribution >= 4 is 0 Å². The average molecular weight is 513 g/mol. The number of benzene rings is 2. The van der Waals surface area contributed by atoms with E-state index in [4.69, 9.17) is 10.5 Å². The summed E-state index contributed by atoms with van der Waals surface area (Å²) in [7, 11) is 0. The Bertz CT molecular complexity index is 1270. The summed E-state index contributed by atoms with van der Waals surface area (Å²) in [6.07, 6.45) is 6.11. The number of nitrogens with two attached hydrogens (primary N) is 1. The van der Waals surface area contributed by atoms with Crippen molar-refractivity contribution in [2.45, 2.75) is 76.8 Å². The largest absolute Gasteiger partial charge is 0.491 e. The molecule has 1 aromatic heterocycles. The van der Waals surface area contributed by atoms with E-state index in [0.29, 0.717) is 6.42 Å². The fourth-order valence-corrected chi connectivity index (χ4v) is 5.22. The molecule has 8 heteroatoms. The number of rotatable bonds is 8. The summed E-state index contributed by atoms with van der Waals surface area (Å²) < 4.78 is 53.8. The minimum Gasteiger partial charge on any atom is -0.491 e. The van der Waals surface area contributed by atoms with E-state index in [1.54, 1.807) is 0 Å².